The number of nitrogens with zero attached hydrogens (tertiary/aromatic N) is 5. The van der Waals surface area contributed by atoms with Gasteiger partial charge < -0.3 is 15.0 Å². The molecule has 1 amide bonds. The van der Waals surface area contributed by atoms with Crippen molar-refractivity contribution in [2.75, 3.05) is 19.6 Å². The summed E-state index contributed by atoms with van der Waals surface area (Å²) in [6.07, 6.45) is 3.68. The molecule has 13 heteroatoms. The highest BCUT2D eigenvalue weighted by Gasteiger charge is 2.40. The van der Waals surface area contributed by atoms with Crippen LogP contribution in [0.25, 0.3) is 0 Å². The maximum Gasteiger partial charge on any atom is 0.490 e. The third-order valence-corrected chi connectivity index (χ3v) is 7.42. The van der Waals surface area contributed by atoms with E-state index in [4.69, 9.17) is 9.90 Å². The van der Waals surface area contributed by atoms with Crippen LogP contribution in [0.15, 0.2) is 11.6 Å². The molecule has 2 N–H and O–H groups in total. The first-order chi connectivity index (χ1) is 16.2. The third kappa shape index (κ3) is 6.12. The number of carboxylic acids is 1. The van der Waals surface area contributed by atoms with Crippen molar-refractivity contribution in [3.8, 4) is 0 Å². The number of aliphatic carboxylic acids is 1. The zero-order chi connectivity index (χ0) is 24.3. The Morgan fingerprint density at radius 3 is 2.50 bits per heavy atom. The molecular weight excluding hydrogens is 473 g/mol. The van der Waals surface area contributed by atoms with Crippen LogP contribution >= 0.6 is 11.3 Å². The topological polar surface area (TPSA) is 113 Å². The van der Waals surface area contributed by atoms with Crippen molar-refractivity contribution in [1.29, 1.82) is 0 Å². The number of amides is 1. The predicted octanol–water partition coefficient (Wildman–Crippen LogP) is 2.74. The Bertz CT molecular complexity index is 998. The Hall–Kier alpha value is -2.54. The van der Waals surface area contributed by atoms with Crippen molar-refractivity contribution in [1.82, 2.24) is 30.0 Å². The third-order valence-electron chi connectivity index (χ3n) is 6.65. The summed E-state index contributed by atoms with van der Waals surface area (Å²) < 4.78 is 33.8. The Kier molecular flexibility index (Phi) is 7.22. The van der Waals surface area contributed by atoms with Crippen LogP contribution in [0.3, 0.4) is 0 Å². The van der Waals surface area contributed by atoms with E-state index in [9.17, 15) is 18.0 Å². The Balaban J connectivity index is 0.000000344. The van der Waals surface area contributed by atoms with Crippen LogP contribution in [0.2, 0.25) is 0 Å². The van der Waals surface area contributed by atoms with E-state index in [1.165, 1.54) is 30.7 Å². The van der Waals surface area contributed by atoms with Gasteiger partial charge in [0.25, 0.3) is 5.91 Å². The van der Waals surface area contributed by atoms with Gasteiger partial charge in [-0.2, -0.15) is 13.2 Å². The zero-order valence-electron chi connectivity index (χ0n) is 18.6. The summed E-state index contributed by atoms with van der Waals surface area (Å²) in [5.41, 5.74) is 0.278. The number of nitrogens with one attached hydrogen (secondary N) is 1. The van der Waals surface area contributed by atoms with Gasteiger partial charge in [-0.1, -0.05) is 0 Å². The van der Waals surface area contributed by atoms with E-state index in [2.05, 4.69) is 30.0 Å². The number of carbonyl (C=O) groups excluding carboxylic acids is 1. The van der Waals surface area contributed by atoms with Gasteiger partial charge in [-0.15, -0.1) is 21.5 Å². The molecule has 4 heterocycles. The molecule has 9 nitrogen and oxygen atoms in total. The smallest absolute Gasteiger partial charge is 0.475 e. The summed E-state index contributed by atoms with van der Waals surface area (Å²) in [6, 6.07) is 0. The molecule has 186 valence electrons. The molecule has 1 saturated carbocycles. The van der Waals surface area contributed by atoms with Gasteiger partial charge >= 0.3 is 12.1 Å². The van der Waals surface area contributed by atoms with Crippen LogP contribution in [-0.2, 0) is 24.3 Å². The molecule has 5 rings (SSSR count). The summed E-state index contributed by atoms with van der Waals surface area (Å²) in [4.78, 5) is 28.4. The van der Waals surface area contributed by atoms with Gasteiger partial charge in [0, 0.05) is 31.1 Å². The highest BCUT2D eigenvalue weighted by Crippen LogP contribution is 2.41. The number of alkyl halides is 3. The molecule has 0 radical (unpaired) electrons. The maximum atomic E-state index is 12.6. The van der Waals surface area contributed by atoms with E-state index in [0.29, 0.717) is 11.7 Å². The molecule has 0 aromatic carbocycles. The summed E-state index contributed by atoms with van der Waals surface area (Å²) in [5.74, 6) is -0.657. The van der Waals surface area contributed by atoms with E-state index in [0.717, 1.165) is 51.4 Å². The van der Waals surface area contributed by atoms with Gasteiger partial charge in [-0.3, -0.25) is 9.69 Å². The second kappa shape index (κ2) is 9.98. The quantitative estimate of drug-likeness (QED) is 0.649. The van der Waals surface area contributed by atoms with Crippen LogP contribution in [0.1, 0.15) is 53.6 Å². The minimum atomic E-state index is -5.08. The van der Waals surface area contributed by atoms with Gasteiger partial charge in [0.15, 0.2) is 0 Å². The summed E-state index contributed by atoms with van der Waals surface area (Å²) in [5, 5.41) is 21.9. The molecule has 1 aliphatic carbocycles. The van der Waals surface area contributed by atoms with Crippen molar-refractivity contribution < 1.29 is 27.9 Å². The molecule has 1 saturated heterocycles. The number of hydrogen-bond donors (Lipinski definition) is 2. The van der Waals surface area contributed by atoms with Crippen molar-refractivity contribution in [2.24, 2.45) is 11.3 Å². The van der Waals surface area contributed by atoms with Crippen LogP contribution in [-0.4, -0.2) is 67.4 Å². The molecule has 0 bridgehead atoms. The number of carbonyl (C=O) groups is 2. The van der Waals surface area contributed by atoms with Crippen LogP contribution in [0, 0.1) is 11.3 Å². The van der Waals surface area contributed by atoms with Gasteiger partial charge in [0.05, 0.1) is 6.54 Å². The van der Waals surface area contributed by atoms with E-state index < -0.39 is 12.1 Å². The minimum absolute atomic E-state index is 0.0566. The standard InChI is InChI=1S/C19H26N6OS.C2HF3O2/c26-18(21-11-14-1-2-14)17-23-22-15-3-4-19(13-25(15)17)5-8-24(9-6-19)12-16-20-7-10-27-16;3-2(4,5)1(6)7/h7,10,14H,1-6,8-9,11-13H2,(H,21,26);(H,6,7). The number of carboxylic acid groups (broad SMARTS) is 1. The van der Waals surface area contributed by atoms with Crippen LogP contribution in [0.5, 0.6) is 0 Å². The van der Waals surface area contributed by atoms with Crippen LogP contribution < -0.4 is 5.32 Å². The lowest BCUT2D eigenvalue weighted by atomic mass is 9.73. The van der Waals surface area contributed by atoms with E-state index in [1.807, 2.05) is 11.6 Å². The Morgan fingerprint density at radius 2 is 1.91 bits per heavy atom. The first kappa shape index (κ1) is 24.6. The van der Waals surface area contributed by atoms with E-state index >= 15 is 0 Å². The lowest BCUT2D eigenvalue weighted by Crippen LogP contribution is -2.44. The number of aryl methyl sites for hydroxylation is 1. The number of thiazole rings is 1. The second-order valence-corrected chi connectivity index (χ2v) is 10.2. The number of piperidine rings is 1. The lowest BCUT2D eigenvalue weighted by molar-refractivity contribution is -0.192. The highest BCUT2D eigenvalue weighted by molar-refractivity contribution is 7.09. The molecule has 2 aromatic rings. The Labute approximate surface area is 198 Å². The summed E-state index contributed by atoms with van der Waals surface area (Å²) >= 11 is 1.73. The fourth-order valence-electron chi connectivity index (χ4n) is 4.40. The van der Waals surface area contributed by atoms with Gasteiger partial charge in [-0.05, 0) is 56.5 Å². The summed E-state index contributed by atoms with van der Waals surface area (Å²) in [7, 11) is 0. The second-order valence-electron chi connectivity index (χ2n) is 9.18. The van der Waals surface area contributed by atoms with Crippen molar-refractivity contribution in [2.45, 2.75) is 57.8 Å². The molecule has 0 atom stereocenters. The van der Waals surface area contributed by atoms with Crippen molar-refractivity contribution in [3.05, 3.63) is 28.2 Å². The van der Waals surface area contributed by atoms with Crippen LogP contribution in [0.4, 0.5) is 13.2 Å². The largest absolute Gasteiger partial charge is 0.490 e. The molecule has 3 aliphatic rings. The average molecular weight is 501 g/mol. The predicted molar refractivity (Wildman–Crippen MR) is 116 cm³/mol. The number of fused-ring (bicyclic) bond motifs is 1. The number of hydrogen-bond acceptors (Lipinski definition) is 7. The normalized spacial score (nSPS) is 19.7. The van der Waals surface area contributed by atoms with E-state index in [-0.39, 0.29) is 11.3 Å². The highest BCUT2D eigenvalue weighted by atomic mass is 32.1. The molecule has 2 fully saturated rings. The van der Waals surface area contributed by atoms with Gasteiger partial charge in [-0.25, -0.2) is 9.78 Å². The molecular formula is C21H27F3N6O3S. The van der Waals surface area contributed by atoms with Crippen molar-refractivity contribution in [3.63, 3.8) is 0 Å². The molecule has 2 aromatic heterocycles. The van der Waals surface area contributed by atoms with E-state index in [1.54, 1.807) is 11.3 Å². The number of halogens is 3. The fraction of sp³-hybridized carbons (Fsp3) is 0.667. The summed E-state index contributed by atoms with van der Waals surface area (Å²) in [6.45, 7) is 4.81. The molecule has 2 aliphatic heterocycles. The van der Waals surface area contributed by atoms with Gasteiger partial charge in [0.2, 0.25) is 5.82 Å². The monoisotopic (exact) mass is 500 g/mol. The minimum Gasteiger partial charge on any atom is -0.475 e. The fourth-order valence-corrected chi connectivity index (χ4v) is 5.06. The number of aromatic nitrogens is 4. The van der Waals surface area contributed by atoms with Crippen molar-refractivity contribution >= 4 is 23.2 Å². The molecule has 34 heavy (non-hydrogen) atoms. The zero-order valence-corrected chi connectivity index (χ0v) is 19.4. The average Bonchev–Trinajstić information content (AvgIpc) is 3.31. The van der Waals surface area contributed by atoms with Gasteiger partial charge in [0.1, 0.15) is 10.8 Å². The number of likely N-dealkylation sites (tertiary alicyclic amines) is 1. The molecule has 0 unspecified atom stereocenters. The lowest BCUT2D eigenvalue weighted by Gasteiger charge is -2.44. The first-order valence-corrected chi connectivity index (χ1v) is 12.1. The maximum absolute atomic E-state index is 12.6. The SMILES string of the molecule is O=C(NCC1CC1)c1nnc2n1CC1(CC2)CCN(Cc2nccs2)CC1.O=C(O)C(F)(F)F. The Morgan fingerprint density at radius 1 is 1.21 bits per heavy atom. The number of rotatable bonds is 5. The first-order valence-electron chi connectivity index (χ1n) is 11.3. The molecule has 1 spiro atoms.